The van der Waals surface area contributed by atoms with Crippen LogP contribution in [0.5, 0.6) is 0 Å². The molecule has 0 aliphatic carbocycles. The molecule has 30 heavy (non-hydrogen) atoms. The molecule has 0 saturated carbocycles. The number of hydrogen-bond acceptors (Lipinski definition) is 5. The lowest BCUT2D eigenvalue weighted by Gasteiger charge is -2.30. The molecule has 1 aromatic heterocycles. The molecule has 2 aliphatic rings. The molecule has 1 N–H and O–H groups in total. The van der Waals surface area contributed by atoms with E-state index < -0.39 is 0 Å². The van der Waals surface area contributed by atoms with Crippen LogP contribution in [0.1, 0.15) is 55.1 Å². The van der Waals surface area contributed by atoms with Crippen molar-refractivity contribution in [3.8, 4) is 0 Å². The number of nitrogens with zero attached hydrogens (tertiary/aromatic N) is 4. The first-order valence-corrected chi connectivity index (χ1v) is 10.7. The Hall–Kier alpha value is -2.96. The van der Waals surface area contributed by atoms with Crippen LogP contribution < -0.4 is 5.32 Å². The average molecular weight is 408 g/mol. The van der Waals surface area contributed by atoms with Gasteiger partial charge in [-0.2, -0.15) is 0 Å². The van der Waals surface area contributed by atoms with Crippen LogP contribution in [0.15, 0.2) is 36.4 Å². The Labute approximate surface area is 177 Å². The smallest absolute Gasteiger partial charge is 0.223 e. The van der Waals surface area contributed by atoms with Gasteiger partial charge < -0.3 is 15.1 Å². The number of aromatic nitrogens is 2. The van der Waals surface area contributed by atoms with Gasteiger partial charge in [0.05, 0.1) is 5.69 Å². The van der Waals surface area contributed by atoms with Gasteiger partial charge >= 0.3 is 0 Å². The number of benzene rings is 1. The molecule has 2 fully saturated rings. The fraction of sp³-hybridized carbons (Fsp3) is 0.478. The van der Waals surface area contributed by atoms with Crippen molar-refractivity contribution in [1.82, 2.24) is 19.8 Å². The first-order valence-electron chi connectivity index (χ1n) is 10.7. The minimum Gasteiger partial charge on any atom is -0.373 e. The Morgan fingerprint density at radius 3 is 2.53 bits per heavy atom. The second kappa shape index (κ2) is 8.81. The molecule has 2 saturated heterocycles. The summed E-state index contributed by atoms with van der Waals surface area (Å²) in [4.78, 5) is 37.6. The molecule has 0 bridgehead atoms. The molecule has 3 heterocycles. The van der Waals surface area contributed by atoms with E-state index in [0.717, 1.165) is 48.8 Å². The summed E-state index contributed by atoms with van der Waals surface area (Å²) in [5, 5.41) is 3.15. The van der Waals surface area contributed by atoms with Crippen LogP contribution in [0.4, 0.5) is 5.82 Å². The van der Waals surface area contributed by atoms with E-state index in [2.05, 4.69) is 17.4 Å². The molecule has 2 aliphatic heterocycles. The van der Waals surface area contributed by atoms with Gasteiger partial charge in [0.1, 0.15) is 11.6 Å². The molecule has 7 heteroatoms. The van der Waals surface area contributed by atoms with E-state index >= 15 is 0 Å². The second-order valence-electron chi connectivity index (χ2n) is 8.23. The number of piperidine rings is 1. The third kappa shape index (κ3) is 4.45. The van der Waals surface area contributed by atoms with Gasteiger partial charge in [-0.15, -0.1) is 0 Å². The van der Waals surface area contributed by atoms with E-state index in [1.165, 1.54) is 0 Å². The highest BCUT2D eigenvalue weighted by molar-refractivity contribution is 5.79. The quantitative estimate of drug-likeness (QED) is 0.825. The number of hydrogen-bond donors (Lipinski definition) is 1. The van der Waals surface area contributed by atoms with Gasteiger partial charge in [-0.25, -0.2) is 9.97 Å². The van der Waals surface area contributed by atoms with Crippen molar-refractivity contribution in [2.75, 3.05) is 32.0 Å². The SMILES string of the molecule is CNc1cc([C@H]2CC(=O)N(Cc3ccccc3)C2)nc(C2CCN(C(C)=O)CC2)n1. The zero-order valence-corrected chi connectivity index (χ0v) is 17.7. The normalized spacial score (nSPS) is 19.9. The Bertz CT molecular complexity index is 909. The van der Waals surface area contributed by atoms with Crippen molar-refractivity contribution in [2.24, 2.45) is 0 Å². The first-order chi connectivity index (χ1) is 14.5. The van der Waals surface area contributed by atoms with Gasteiger partial charge in [-0.1, -0.05) is 30.3 Å². The minimum atomic E-state index is 0.0763. The lowest BCUT2D eigenvalue weighted by Crippen LogP contribution is -2.36. The maximum Gasteiger partial charge on any atom is 0.223 e. The van der Waals surface area contributed by atoms with Crippen molar-refractivity contribution in [3.63, 3.8) is 0 Å². The van der Waals surface area contributed by atoms with Crippen LogP contribution in [-0.2, 0) is 16.1 Å². The fourth-order valence-electron chi connectivity index (χ4n) is 4.38. The van der Waals surface area contributed by atoms with Gasteiger partial charge in [0, 0.05) is 64.5 Å². The summed E-state index contributed by atoms with van der Waals surface area (Å²) in [5.74, 6) is 2.23. The van der Waals surface area contributed by atoms with E-state index in [1.807, 2.05) is 41.1 Å². The molecule has 7 nitrogen and oxygen atoms in total. The number of carbonyl (C=O) groups is 2. The predicted octanol–water partition coefficient (Wildman–Crippen LogP) is 2.76. The van der Waals surface area contributed by atoms with Crippen LogP contribution in [0.3, 0.4) is 0 Å². The molecular formula is C23H29N5O2. The summed E-state index contributed by atoms with van der Waals surface area (Å²) in [5.41, 5.74) is 2.07. The molecule has 1 aromatic carbocycles. The van der Waals surface area contributed by atoms with Crippen LogP contribution in [-0.4, -0.2) is 58.3 Å². The van der Waals surface area contributed by atoms with Crippen LogP contribution >= 0.6 is 0 Å². The predicted molar refractivity (Wildman–Crippen MR) is 115 cm³/mol. The van der Waals surface area contributed by atoms with Crippen molar-refractivity contribution >= 4 is 17.6 Å². The highest BCUT2D eigenvalue weighted by Gasteiger charge is 2.33. The monoisotopic (exact) mass is 407 g/mol. The van der Waals surface area contributed by atoms with Crippen LogP contribution in [0.2, 0.25) is 0 Å². The lowest BCUT2D eigenvalue weighted by molar-refractivity contribution is -0.130. The highest BCUT2D eigenvalue weighted by atomic mass is 16.2. The number of likely N-dealkylation sites (tertiary alicyclic amines) is 2. The summed E-state index contributed by atoms with van der Waals surface area (Å²) >= 11 is 0. The van der Waals surface area contributed by atoms with Crippen molar-refractivity contribution in [1.29, 1.82) is 0 Å². The molecular weight excluding hydrogens is 378 g/mol. The van der Waals surface area contributed by atoms with E-state index in [0.29, 0.717) is 19.5 Å². The molecule has 2 aromatic rings. The maximum atomic E-state index is 12.6. The van der Waals surface area contributed by atoms with Gasteiger partial charge in [0.25, 0.3) is 0 Å². The van der Waals surface area contributed by atoms with Gasteiger partial charge in [-0.05, 0) is 18.4 Å². The Kier molecular flexibility index (Phi) is 5.97. The molecule has 158 valence electrons. The van der Waals surface area contributed by atoms with E-state index in [4.69, 9.17) is 9.97 Å². The summed E-state index contributed by atoms with van der Waals surface area (Å²) in [6.07, 6.45) is 2.22. The third-order valence-corrected chi connectivity index (χ3v) is 6.17. The molecule has 4 rings (SSSR count). The molecule has 2 amide bonds. The maximum absolute atomic E-state index is 12.6. The summed E-state index contributed by atoms with van der Waals surface area (Å²) in [7, 11) is 1.86. The Morgan fingerprint density at radius 1 is 1.13 bits per heavy atom. The number of nitrogens with one attached hydrogen (secondary N) is 1. The van der Waals surface area contributed by atoms with Crippen molar-refractivity contribution in [3.05, 3.63) is 53.5 Å². The number of rotatable bonds is 5. The molecule has 0 spiro atoms. The van der Waals surface area contributed by atoms with E-state index in [9.17, 15) is 9.59 Å². The summed E-state index contributed by atoms with van der Waals surface area (Å²) in [6, 6.07) is 12.1. The van der Waals surface area contributed by atoms with Gasteiger partial charge in [-0.3, -0.25) is 9.59 Å². The van der Waals surface area contributed by atoms with Crippen molar-refractivity contribution in [2.45, 2.75) is 44.6 Å². The van der Waals surface area contributed by atoms with Crippen LogP contribution in [0, 0.1) is 0 Å². The Balaban J connectivity index is 1.49. The number of anilines is 1. The van der Waals surface area contributed by atoms with E-state index in [1.54, 1.807) is 6.92 Å². The van der Waals surface area contributed by atoms with Crippen molar-refractivity contribution < 1.29 is 9.59 Å². The zero-order valence-electron chi connectivity index (χ0n) is 17.7. The average Bonchev–Trinajstić information content (AvgIpc) is 3.14. The lowest BCUT2D eigenvalue weighted by atomic mass is 9.95. The number of carbonyl (C=O) groups excluding carboxylic acids is 2. The first kappa shape index (κ1) is 20.3. The zero-order chi connectivity index (χ0) is 21.1. The van der Waals surface area contributed by atoms with E-state index in [-0.39, 0.29) is 23.7 Å². The molecule has 1 atom stereocenters. The van der Waals surface area contributed by atoms with Gasteiger partial charge in [0.15, 0.2) is 0 Å². The van der Waals surface area contributed by atoms with Gasteiger partial charge in [0.2, 0.25) is 11.8 Å². The summed E-state index contributed by atoms with van der Waals surface area (Å²) < 4.78 is 0. The highest BCUT2D eigenvalue weighted by Crippen LogP contribution is 2.32. The minimum absolute atomic E-state index is 0.0763. The fourth-order valence-corrected chi connectivity index (χ4v) is 4.38. The Morgan fingerprint density at radius 2 is 1.87 bits per heavy atom. The number of amides is 2. The largest absolute Gasteiger partial charge is 0.373 e. The topological polar surface area (TPSA) is 78.4 Å². The summed E-state index contributed by atoms with van der Waals surface area (Å²) in [6.45, 7) is 4.42. The molecule has 0 radical (unpaired) electrons. The second-order valence-corrected chi connectivity index (χ2v) is 8.23. The third-order valence-electron chi connectivity index (χ3n) is 6.17. The van der Waals surface area contributed by atoms with Crippen LogP contribution in [0.25, 0.3) is 0 Å². The molecule has 0 unspecified atom stereocenters. The standard InChI is InChI=1S/C23H29N5O2/c1-16(29)27-10-8-18(9-11-27)23-25-20(13-21(24-2)26-23)19-12-22(30)28(15-19)14-17-6-4-3-5-7-17/h3-7,13,18-19H,8-12,14-15H2,1-2H3,(H,24,25,26)/t19-/m0/s1.